The van der Waals surface area contributed by atoms with E-state index in [0.717, 1.165) is 65.1 Å². The van der Waals surface area contributed by atoms with Crippen LogP contribution < -0.4 is 0 Å². The predicted octanol–water partition coefficient (Wildman–Crippen LogP) is 3.03. The summed E-state index contributed by atoms with van der Waals surface area (Å²) in [7, 11) is 0. The maximum absolute atomic E-state index is 12.4. The summed E-state index contributed by atoms with van der Waals surface area (Å²) >= 11 is 0. The second kappa shape index (κ2) is 8.13. The van der Waals surface area contributed by atoms with Gasteiger partial charge in [0, 0.05) is 38.1 Å². The Morgan fingerprint density at radius 2 is 1.75 bits per heavy atom. The van der Waals surface area contributed by atoms with Crippen molar-refractivity contribution >= 4 is 5.91 Å². The van der Waals surface area contributed by atoms with Crippen molar-refractivity contribution in [2.45, 2.75) is 44.6 Å². The lowest BCUT2D eigenvalue weighted by Crippen LogP contribution is -2.57. The molecule has 4 nitrogen and oxygen atoms in total. The summed E-state index contributed by atoms with van der Waals surface area (Å²) in [6.07, 6.45) is 4.83. The Bertz CT molecular complexity index is 518. The summed E-state index contributed by atoms with van der Waals surface area (Å²) < 4.78 is 5.57. The van der Waals surface area contributed by atoms with Crippen LogP contribution in [0.3, 0.4) is 0 Å². The first-order chi connectivity index (χ1) is 11.8. The first-order valence-electron chi connectivity index (χ1n) is 9.42. The number of carbonyl (C=O) groups excluding carboxylic acids is 1. The first kappa shape index (κ1) is 17.4. The van der Waals surface area contributed by atoms with Gasteiger partial charge in [0.15, 0.2) is 0 Å². The first-order valence-corrected chi connectivity index (χ1v) is 9.42. The van der Waals surface area contributed by atoms with Crippen LogP contribution in [0.4, 0.5) is 0 Å². The van der Waals surface area contributed by atoms with Crippen molar-refractivity contribution in [2.24, 2.45) is 0 Å². The summed E-state index contributed by atoms with van der Waals surface area (Å²) in [6, 6.07) is 10.9. The molecular formula is C20H30N2O2. The molecule has 0 N–H and O–H groups in total. The van der Waals surface area contributed by atoms with Gasteiger partial charge in [0.25, 0.3) is 0 Å². The zero-order chi connectivity index (χ0) is 16.8. The fraction of sp³-hybridized carbons (Fsp3) is 0.650. The standard InChI is InChI=1S/C20H30N2O2/c1-2-3-9-19(23)21-12-10-20(11-13-21,18-7-5-4-6-8-18)22-14-16-24-17-15-22/h4-8H,2-3,9-17H2,1H3. The molecule has 0 bridgehead atoms. The fourth-order valence-corrected chi connectivity index (χ4v) is 4.14. The smallest absolute Gasteiger partial charge is 0.222 e. The van der Waals surface area contributed by atoms with Crippen LogP contribution in [0.5, 0.6) is 0 Å². The van der Waals surface area contributed by atoms with Crippen LogP contribution >= 0.6 is 0 Å². The van der Waals surface area contributed by atoms with E-state index in [1.165, 1.54) is 5.56 Å². The number of hydrogen-bond donors (Lipinski definition) is 0. The van der Waals surface area contributed by atoms with Crippen LogP contribution in [0.2, 0.25) is 0 Å². The second-order valence-electron chi connectivity index (χ2n) is 6.98. The van der Waals surface area contributed by atoms with Crippen LogP contribution in [-0.4, -0.2) is 55.1 Å². The summed E-state index contributed by atoms with van der Waals surface area (Å²) in [4.78, 5) is 17.1. The molecular weight excluding hydrogens is 300 g/mol. The van der Waals surface area contributed by atoms with E-state index < -0.39 is 0 Å². The molecule has 3 rings (SSSR count). The van der Waals surface area contributed by atoms with E-state index in [1.807, 2.05) is 0 Å². The monoisotopic (exact) mass is 330 g/mol. The Morgan fingerprint density at radius 1 is 1.08 bits per heavy atom. The van der Waals surface area contributed by atoms with Gasteiger partial charge in [-0.15, -0.1) is 0 Å². The van der Waals surface area contributed by atoms with Gasteiger partial charge in [-0.05, 0) is 24.8 Å². The molecule has 0 aromatic heterocycles. The van der Waals surface area contributed by atoms with Crippen molar-refractivity contribution in [1.82, 2.24) is 9.80 Å². The predicted molar refractivity (Wildman–Crippen MR) is 95.9 cm³/mol. The van der Waals surface area contributed by atoms with Crippen molar-refractivity contribution in [3.63, 3.8) is 0 Å². The molecule has 1 aromatic carbocycles. The van der Waals surface area contributed by atoms with Gasteiger partial charge >= 0.3 is 0 Å². The topological polar surface area (TPSA) is 32.8 Å². The van der Waals surface area contributed by atoms with Crippen molar-refractivity contribution in [3.8, 4) is 0 Å². The molecule has 0 unspecified atom stereocenters. The molecule has 24 heavy (non-hydrogen) atoms. The Kier molecular flexibility index (Phi) is 5.90. The number of nitrogens with zero attached hydrogens (tertiary/aromatic N) is 2. The van der Waals surface area contributed by atoms with Gasteiger partial charge in [0.1, 0.15) is 0 Å². The van der Waals surface area contributed by atoms with Crippen LogP contribution in [0.15, 0.2) is 30.3 Å². The Labute approximate surface area is 145 Å². The zero-order valence-electron chi connectivity index (χ0n) is 14.9. The Morgan fingerprint density at radius 3 is 2.38 bits per heavy atom. The molecule has 1 amide bonds. The molecule has 1 aromatic rings. The molecule has 0 saturated carbocycles. The van der Waals surface area contributed by atoms with Crippen molar-refractivity contribution < 1.29 is 9.53 Å². The van der Waals surface area contributed by atoms with Gasteiger partial charge in [0.05, 0.1) is 13.2 Å². The molecule has 2 saturated heterocycles. The van der Waals surface area contributed by atoms with Gasteiger partial charge in [-0.2, -0.15) is 0 Å². The Hall–Kier alpha value is -1.39. The van der Waals surface area contributed by atoms with Crippen molar-refractivity contribution in [2.75, 3.05) is 39.4 Å². The number of piperidine rings is 1. The molecule has 132 valence electrons. The lowest BCUT2D eigenvalue weighted by molar-refractivity contribution is -0.135. The SMILES string of the molecule is CCCCC(=O)N1CCC(c2ccccc2)(N2CCOCC2)CC1. The lowest BCUT2D eigenvalue weighted by Gasteiger charge is -2.50. The normalized spacial score (nSPS) is 21.6. The number of hydrogen-bond acceptors (Lipinski definition) is 3. The largest absolute Gasteiger partial charge is 0.379 e. The van der Waals surface area contributed by atoms with Gasteiger partial charge in [-0.25, -0.2) is 0 Å². The van der Waals surface area contributed by atoms with Gasteiger partial charge < -0.3 is 9.64 Å². The van der Waals surface area contributed by atoms with E-state index in [9.17, 15) is 4.79 Å². The maximum atomic E-state index is 12.4. The minimum atomic E-state index is 0.0621. The molecule has 2 aliphatic rings. The summed E-state index contributed by atoms with van der Waals surface area (Å²) in [5, 5.41) is 0. The molecule has 2 aliphatic heterocycles. The minimum absolute atomic E-state index is 0.0621. The zero-order valence-corrected chi connectivity index (χ0v) is 14.9. The van der Waals surface area contributed by atoms with Crippen LogP contribution in [0.25, 0.3) is 0 Å². The summed E-state index contributed by atoms with van der Waals surface area (Å²) in [6.45, 7) is 7.48. The van der Waals surface area contributed by atoms with Crippen molar-refractivity contribution in [3.05, 3.63) is 35.9 Å². The highest BCUT2D eigenvalue weighted by atomic mass is 16.5. The number of morpholine rings is 1. The van der Waals surface area contributed by atoms with Gasteiger partial charge in [0.2, 0.25) is 5.91 Å². The summed E-state index contributed by atoms with van der Waals surface area (Å²) in [5.74, 6) is 0.334. The quantitative estimate of drug-likeness (QED) is 0.832. The average Bonchev–Trinajstić information content (AvgIpc) is 2.67. The average molecular weight is 330 g/mol. The van der Waals surface area contributed by atoms with Crippen LogP contribution in [0.1, 0.15) is 44.6 Å². The highest BCUT2D eigenvalue weighted by molar-refractivity contribution is 5.76. The minimum Gasteiger partial charge on any atom is -0.379 e. The molecule has 0 spiro atoms. The second-order valence-corrected chi connectivity index (χ2v) is 6.98. The van der Waals surface area contributed by atoms with Crippen LogP contribution in [-0.2, 0) is 15.1 Å². The van der Waals surface area contributed by atoms with E-state index in [1.54, 1.807) is 0 Å². The third-order valence-corrected chi connectivity index (χ3v) is 5.62. The number of benzene rings is 1. The van der Waals surface area contributed by atoms with E-state index >= 15 is 0 Å². The number of unbranched alkanes of at least 4 members (excludes halogenated alkanes) is 1. The Balaban J connectivity index is 1.75. The lowest BCUT2D eigenvalue weighted by atomic mass is 9.79. The van der Waals surface area contributed by atoms with E-state index in [-0.39, 0.29) is 5.54 Å². The number of amides is 1. The number of likely N-dealkylation sites (tertiary alicyclic amines) is 1. The molecule has 0 atom stereocenters. The fourth-order valence-electron chi connectivity index (χ4n) is 4.14. The third kappa shape index (κ3) is 3.65. The number of ether oxygens (including phenoxy) is 1. The van der Waals surface area contributed by atoms with E-state index in [4.69, 9.17) is 4.74 Å². The molecule has 0 radical (unpaired) electrons. The third-order valence-electron chi connectivity index (χ3n) is 5.62. The molecule has 4 heteroatoms. The molecule has 2 heterocycles. The maximum Gasteiger partial charge on any atom is 0.222 e. The molecule has 0 aliphatic carbocycles. The molecule has 2 fully saturated rings. The number of rotatable bonds is 5. The van der Waals surface area contributed by atoms with Crippen molar-refractivity contribution in [1.29, 1.82) is 0 Å². The van der Waals surface area contributed by atoms with E-state index in [2.05, 4.69) is 47.1 Å². The number of carbonyl (C=O) groups is 1. The highest BCUT2D eigenvalue weighted by Gasteiger charge is 2.42. The highest BCUT2D eigenvalue weighted by Crippen LogP contribution is 2.39. The van der Waals surface area contributed by atoms with E-state index in [0.29, 0.717) is 12.3 Å². The van der Waals surface area contributed by atoms with Gasteiger partial charge in [-0.1, -0.05) is 43.7 Å². The summed E-state index contributed by atoms with van der Waals surface area (Å²) in [5.41, 5.74) is 1.46. The van der Waals surface area contributed by atoms with Gasteiger partial charge in [-0.3, -0.25) is 9.69 Å². The van der Waals surface area contributed by atoms with Crippen LogP contribution in [0, 0.1) is 0 Å².